The summed E-state index contributed by atoms with van der Waals surface area (Å²) >= 11 is 0. The molecule has 0 aromatic heterocycles. The van der Waals surface area contributed by atoms with Crippen LogP contribution < -0.4 is 0 Å². The van der Waals surface area contributed by atoms with E-state index in [2.05, 4.69) is 6.92 Å². The van der Waals surface area contributed by atoms with E-state index in [1.807, 2.05) is 13.8 Å². The highest BCUT2D eigenvalue weighted by Crippen LogP contribution is 2.18. The molecular formula is C13H32O6Si. The van der Waals surface area contributed by atoms with Gasteiger partial charge in [0, 0.05) is 34.4 Å². The van der Waals surface area contributed by atoms with E-state index in [1.165, 1.54) is 0 Å². The minimum absolute atomic E-state index is 0. The zero-order valence-corrected chi connectivity index (χ0v) is 14.9. The third kappa shape index (κ3) is 9.57. The standard InChI is InChI=1S/C9H22O4Si.C4H8O.H2O/c1-6-8-13-9(7-2)14(10-3,11-4)12-5;1-3-4(2)5;/h9H,6-8H2,1-5H3;3H2,1-2H3;1H2. The van der Waals surface area contributed by atoms with Crippen molar-refractivity contribution in [1.82, 2.24) is 0 Å². The fourth-order valence-electron chi connectivity index (χ4n) is 1.37. The summed E-state index contributed by atoms with van der Waals surface area (Å²) in [6.07, 6.45) is 2.49. The molecular weight excluding hydrogens is 280 g/mol. The molecule has 0 aromatic rings. The van der Waals surface area contributed by atoms with E-state index in [4.69, 9.17) is 18.0 Å². The molecule has 1 unspecified atom stereocenters. The lowest BCUT2D eigenvalue weighted by molar-refractivity contribution is -0.116. The normalized spacial score (nSPS) is 11.9. The highest BCUT2D eigenvalue weighted by molar-refractivity contribution is 6.62. The number of ketones is 1. The van der Waals surface area contributed by atoms with E-state index in [1.54, 1.807) is 28.3 Å². The Kier molecular flexibility index (Phi) is 18.6. The van der Waals surface area contributed by atoms with Gasteiger partial charge in [-0.15, -0.1) is 0 Å². The molecule has 0 aromatic carbocycles. The molecule has 0 aliphatic heterocycles. The number of ether oxygens (including phenoxy) is 1. The molecule has 20 heavy (non-hydrogen) atoms. The van der Waals surface area contributed by atoms with Crippen molar-refractivity contribution in [2.24, 2.45) is 0 Å². The molecule has 0 heterocycles. The van der Waals surface area contributed by atoms with Gasteiger partial charge in [0.1, 0.15) is 11.5 Å². The average molecular weight is 312 g/mol. The molecule has 2 N–H and O–H groups in total. The van der Waals surface area contributed by atoms with Gasteiger partial charge in [-0.2, -0.15) is 0 Å². The van der Waals surface area contributed by atoms with Crippen molar-refractivity contribution in [3.8, 4) is 0 Å². The maximum absolute atomic E-state index is 9.81. The summed E-state index contributed by atoms with van der Waals surface area (Å²) in [7, 11) is 2.22. The van der Waals surface area contributed by atoms with Crippen LogP contribution in [-0.4, -0.2) is 53.7 Å². The Morgan fingerprint density at radius 3 is 1.65 bits per heavy atom. The Morgan fingerprint density at radius 1 is 1.05 bits per heavy atom. The summed E-state index contributed by atoms with van der Waals surface area (Å²) in [6.45, 7) is 8.26. The molecule has 6 nitrogen and oxygen atoms in total. The van der Waals surface area contributed by atoms with Crippen LogP contribution in [0.5, 0.6) is 0 Å². The monoisotopic (exact) mass is 312 g/mol. The van der Waals surface area contributed by atoms with Gasteiger partial charge < -0.3 is 28.3 Å². The predicted molar refractivity (Wildman–Crippen MR) is 81.7 cm³/mol. The van der Waals surface area contributed by atoms with Crippen LogP contribution in [0, 0.1) is 0 Å². The number of rotatable bonds is 9. The maximum atomic E-state index is 9.81. The number of carbonyl (C=O) groups is 1. The van der Waals surface area contributed by atoms with Gasteiger partial charge in [0.25, 0.3) is 0 Å². The van der Waals surface area contributed by atoms with Crippen LogP contribution in [0.4, 0.5) is 0 Å². The summed E-state index contributed by atoms with van der Waals surface area (Å²) < 4.78 is 21.7. The molecule has 0 aliphatic rings. The van der Waals surface area contributed by atoms with E-state index in [0.717, 1.165) is 12.8 Å². The van der Waals surface area contributed by atoms with Crippen LogP contribution >= 0.6 is 0 Å². The van der Waals surface area contributed by atoms with Crippen LogP contribution in [-0.2, 0) is 22.8 Å². The van der Waals surface area contributed by atoms with Crippen molar-refractivity contribution in [3.63, 3.8) is 0 Å². The van der Waals surface area contributed by atoms with Gasteiger partial charge in [0.2, 0.25) is 0 Å². The lowest BCUT2D eigenvalue weighted by Gasteiger charge is -2.31. The quantitative estimate of drug-likeness (QED) is 0.606. The van der Waals surface area contributed by atoms with Gasteiger partial charge in [-0.3, -0.25) is 0 Å². The first-order chi connectivity index (χ1) is 8.97. The van der Waals surface area contributed by atoms with Gasteiger partial charge in [0.05, 0.1) is 0 Å². The minimum atomic E-state index is -2.61. The molecule has 0 spiro atoms. The fraction of sp³-hybridized carbons (Fsp3) is 0.923. The van der Waals surface area contributed by atoms with Crippen molar-refractivity contribution >= 4 is 14.6 Å². The first-order valence-corrected chi connectivity index (χ1v) is 8.54. The van der Waals surface area contributed by atoms with E-state index >= 15 is 0 Å². The molecule has 0 rings (SSSR count). The maximum Gasteiger partial charge on any atom is 0.530 e. The molecule has 0 radical (unpaired) electrons. The summed E-state index contributed by atoms with van der Waals surface area (Å²) in [4.78, 5) is 9.81. The van der Waals surface area contributed by atoms with E-state index < -0.39 is 8.80 Å². The van der Waals surface area contributed by atoms with Crippen molar-refractivity contribution in [3.05, 3.63) is 0 Å². The lowest BCUT2D eigenvalue weighted by Crippen LogP contribution is -2.55. The summed E-state index contributed by atoms with van der Waals surface area (Å²) in [5.74, 6) is 0.255. The Labute approximate surface area is 124 Å². The SMILES string of the molecule is CCC(C)=O.CCCOC(CC)[Si](OC)(OC)OC.O. The van der Waals surface area contributed by atoms with Gasteiger partial charge in [-0.1, -0.05) is 20.8 Å². The smallest absolute Gasteiger partial charge is 0.412 e. The number of carbonyl (C=O) groups excluding carboxylic acids is 1. The summed E-state index contributed by atoms with van der Waals surface area (Å²) in [5, 5.41) is 0. The minimum Gasteiger partial charge on any atom is -0.412 e. The van der Waals surface area contributed by atoms with Crippen LogP contribution in [0.1, 0.15) is 47.0 Å². The Hall–Kier alpha value is -0.313. The van der Waals surface area contributed by atoms with E-state index in [0.29, 0.717) is 13.0 Å². The second kappa shape index (κ2) is 15.1. The fourth-order valence-corrected chi connectivity index (χ4v) is 3.49. The molecule has 7 heteroatoms. The van der Waals surface area contributed by atoms with Crippen LogP contribution in [0.2, 0.25) is 0 Å². The van der Waals surface area contributed by atoms with Crippen molar-refractivity contribution in [2.75, 3.05) is 27.9 Å². The summed E-state index contributed by atoms with van der Waals surface area (Å²) in [5.41, 5.74) is -0.0672. The van der Waals surface area contributed by atoms with Gasteiger partial charge in [-0.25, -0.2) is 0 Å². The molecule has 1 atom stereocenters. The number of hydrogen-bond donors (Lipinski definition) is 0. The average Bonchev–Trinajstić information content (AvgIpc) is 2.44. The largest absolute Gasteiger partial charge is 0.530 e. The second-order valence-electron chi connectivity index (χ2n) is 4.04. The van der Waals surface area contributed by atoms with E-state index in [-0.39, 0.29) is 17.0 Å². The highest BCUT2D eigenvalue weighted by Gasteiger charge is 2.47. The van der Waals surface area contributed by atoms with Gasteiger partial charge in [0.15, 0.2) is 0 Å². The number of Topliss-reactive ketones (excluding diaryl/α,β-unsaturated/α-hetero) is 1. The molecule has 0 aliphatic carbocycles. The highest BCUT2D eigenvalue weighted by atomic mass is 28.4. The molecule has 0 saturated heterocycles. The molecule has 0 bridgehead atoms. The molecule has 124 valence electrons. The van der Waals surface area contributed by atoms with Gasteiger partial charge >= 0.3 is 8.80 Å². The lowest BCUT2D eigenvalue weighted by atomic mass is 10.4. The third-order valence-electron chi connectivity index (χ3n) is 2.64. The van der Waals surface area contributed by atoms with Crippen molar-refractivity contribution in [2.45, 2.75) is 52.7 Å². The van der Waals surface area contributed by atoms with Crippen LogP contribution in [0.15, 0.2) is 0 Å². The summed E-state index contributed by atoms with van der Waals surface area (Å²) in [6, 6.07) is 0. The second-order valence-corrected chi connectivity index (χ2v) is 7.11. The molecule has 0 fully saturated rings. The Balaban J connectivity index is -0.000000414. The Bertz CT molecular complexity index is 213. The van der Waals surface area contributed by atoms with Crippen LogP contribution in [0.3, 0.4) is 0 Å². The topological polar surface area (TPSA) is 85.5 Å². The van der Waals surface area contributed by atoms with E-state index in [9.17, 15) is 4.79 Å². The third-order valence-corrected chi connectivity index (χ3v) is 5.71. The molecule has 0 saturated carbocycles. The molecule has 0 amide bonds. The van der Waals surface area contributed by atoms with Crippen molar-refractivity contribution < 1.29 is 28.3 Å². The Morgan fingerprint density at radius 2 is 1.45 bits per heavy atom. The van der Waals surface area contributed by atoms with Crippen LogP contribution in [0.25, 0.3) is 0 Å². The first-order valence-electron chi connectivity index (χ1n) is 6.74. The number of hydrogen-bond acceptors (Lipinski definition) is 5. The zero-order valence-electron chi connectivity index (χ0n) is 13.9. The first kappa shape index (κ1) is 24.7. The van der Waals surface area contributed by atoms with Crippen molar-refractivity contribution in [1.29, 1.82) is 0 Å². The van der Waals surface area contributed by atoms with Gasteiger partial charge in [-0.05, 0) is 19.8 Å². The zero-order chi connectivity index (χ0) is 15.3. The predicted octanol–water partition coefficient (Wildman–Crippen LogP) is 1.77.